The maximum Gasteiger partial charge on any atom is 0.322 e. The summed E-state index contributed by atoms with van der Waals surface area (Å²) in [5.74, 6) is -0.112. The predicted molar refractivity (Wildman–Crippen MR) is 74.5 cm³/mol. The van der Waals surface area contributed by atoms with E-state index in [1.807, 2.05) is 0 Å². The third-order valence-corrected chi connectivity index (χ3v) is 5.27. The third-order valence-electron chi connectivity index (χ3n) is 2.11. The van der Waals surface area contributed by atoms with Crippen LogP contribution < -0.4 is 0 Å². The highest BCUT2D eigenvalue weighted by Gasteiger charge is 2.40. The molecule has 0 spiro atoms. The number of hydrogen-bond acceptors (Lipinski definition) is 6. The molecule has 0 aliphatic carbocycles. The van der Waals surface area contributed by atoms with Gasteiger partial charge in [-0.05, 0) is 0 Å². The van der Waals surface area contributed by atoms with Gasteiger partial charge in [0.25, 0.3) is 0 Å². The Labute approximate surface area is 115 Å². The molecule has 1 rings (SSSR count). The number of carbonyl (C=O) groups excluding carboxylic acids is 2. The van der Waals surface area contributed by atoms with Gasteiger partial charge in [-0.1, -0.05) is 25.3 Å². The van der Waals surface area contributed by atoms with E-state index in [4.69, 9.17) is 9.47 Å². The fourth-order valence-electron chi connectivity index (χ4n) is 1.35. The van der Waals surface area contributed by atoms with Crippen LogP contribution in [0.5, 0.6) is 0 Å². The Kier molecular flexibility index (Phi) is 6.97. The summed E-state index contributed by atoms with van der Waals surface area (Å²) < 4.78 is 9.79. The lowest BCUT2D eigenvalue weighted by Crippen LogP contribution is -2.34. The molecule has 1 saturated heterocycles. The van der Waals surface area contributed by atoms with E-state index in [0.29, 0.717) is 0 Å². The van der Waals surface area contributed by atoms with Crippen molar-refractivity contribution in [3.8, 4) is 0 Å². The molecule has 18 heavy (non-hydrogen) atoms. The molecule has 0 N–H and O–H groups in total. The van der Waals surface area contributed by atoms with Crippen LogP contribution >= 0.6 is 23.5 Å². The highest BCUT2D eigenvalue weighted by Crippen LogP contribution is 2.38. The molecule has 1 fully saturated rings. The number of carbonyl (C=O) groups is 2. The largest absolute Gasteiger partial charge is 0.461 e. The van der Waals surface area contributed by atoms with Gasteiger partial charge in [-0.3, -0.25) is 9.59 Å². The van der Waals surface area contributed by atoms with E-state index in [0.717, 1.165) is 11.5 Å². The van der Waals surface area contributed by atoms with Crippen LogP contribution in [0.2, 0.25) is 0 Å². The van der Waals surface area contributed by atoms with Gasteiger partial charge in [-0.25, -0.2) is 0 Å². The van der Waals surface area contributed by atoms with Crippen molar-refractivity contribution < 1.29 is 19.1 Å². The summed E-state index contributed by atoms with van der Waals surface area (Å²) in [7, 11) is 0. The SMILES string of the molecule is C=CCOC(=O)C(C(=O)OCC=C)C1SCCS1. The average Bonchev–Trinajstić information content (AvgIpc) is 2.87. The van der Waals surface area contributed by atoms with E-state index in [9.17, 15) is 9.59 Å². The average molecular weight is 288 g/mol. The lowest BCUT2D eigenvalue weighted by atomic mass is 10.2. The summed E-state index contributed by atoms with van der Waals surface area (Å²) in [4.78, 5) is 23.7. The smallest absolute Gasteiger partial charge is 0.322 e. The second-order valence-corrected chi connectivity index (χ2v) is 6.22. The van der Waals surface area contributed by atoms with Crippen molar-refractivity contribution in [2.75, 3.05) is 24.7 Å². The molecule has 1 aliphatic rings. The molecule has 0 radical (unpaired) electrons. The van der Waals surface area contributed by atoms with Gasteiger partial charge < -0.3 is 9.47 Å². The van der Waals surface area contributed by atoms with Crippen molar-refractivity contribution >= 4 is 35.5 Å². The van der Waals surface area contributed by atoms with Crippen molar-refractivity contribution in [1.29, 1.82) is 0 Å². The zero-order chi connectivity index (χ0) is 13.4. The Hall–Kier alpha value is -0.880. The first-order valence-electron chi connectivity index (χ1n) is 5.49. The normalized spacial score (nSPS) is 15.4. The minimum absolute atomic E-state index is 0.103. The van der Waals surface area contributed by atoms with Crippen LogP contribution in [-0.4, -0.2) is 41.2 Å². The number of esters is 2. The number of rotatable bonds is 7. The second-order valence-electron chi connectivity index (χ2n) is 3.43. The predicted octanol–water partition coefficient (Wildman–Crippen LogP) is 1.87. The van der Waals surface area contributed by atoms with Gasteiger partial charge in [-0.15, -0.1) is 23.5 Å². The van der Waals surface area contributed by atoms with Crippen LogP contribution in [0.25, 0.3) is 0 Å². The van der Waals surface area contributed by atoms with Crippen molar-refractivity contribution in [2.45, 2.75) is 4.58 Å². The van der Waals surface area contributed by atoms with Crippen LogP contribution in [0.4, 0.5) is 0 Å². The molecule has 0 amide bonds. The van der Waals surface area contributed by atoms with Crippen molar-refractivity contribution in [1.82, 2.24) is 0 Å². The molecule has 0 bridgehead atoms. The van der Waals surface area contributed by atoms with Crippen molar-refractivity contribution in [2.24, 2.45) is 5.92 Å². The molecule has 0 aromatic carbocycles. The summed E-state index contributed by atoms with van der Waals surface area (Å²) >= 11 is 3.17. The van der Waals surface area contributed by atoms with Gasteiger partial charge in [0.2, 0.25) is 0 Å². The van der Waals surface area contributed by atoms with Crippen LogP contribution in [0.1, 0.15) is 0 Å². The lowest BCUT2D eigenvalue weighted by Gasteiger charge is -2.18. The van der Waals surface area contributed by atoms with Crippen LogP contribution in [0, 0.1) is 5.92 Å². The maximum absolute atomic E-state index is 11.9. The van der Waals surface area contributed by atoms with E-state index in [-0.39, 0.29) is 17.8 Å². The molecule has 0 unspecified atom stereocenters. The molecule has 100 valence electrons. The fraction of sp³-hybridized carbons (Fsp3) is 0.500. The standard InChI is InChI=1S/C12H16O4S2/c1-3-5-15-10(13)9(11(14)16-6-4-2)12-17-7-8-18-12/h3-4,9,12H,1-2,5-8H2. The van der Waals surface area contributed by atoms with Crippen LogP contribution in [-0.2, 0) is 19.1 Å². The minimum Gasteiger partial charge on any atom is -0.461 e. The third kappa shape index (κ3) is 4.42. The summed E-state index contributed by atoms with van der Waals surface area (Å²) in [5, 5.41) is 0. The fourth-order valence-corrected chi connectivity index (χ4v) is 4.38. The summed E-state index contributed by atoms with van der Waals surface area (Å²) in [6, 6.07) is 0. The number of ether oxygens (including phenoxy) is 2. The first kappa shape index (κ1) is 15.2. The Morgan fingerprint density at radius 2 is 1.56 bits per heavy atom. The molecule has 4 nitrogen and oxygen atoms in total. The van der Waals surface area contributed by atoms with Crippen LogP contribution in [0.15, 0.2) is 25.3 Å². The highest BCUT2D eigenvalue weighted by molar-refractivity contribution is 8.20. The molecule has 6 heteroatoms. The Morgan fingerprint density at radius 1 is 1.11 bits per heavy atom. The number of thioether (sulfide) groups is 2. The Morgan fingerprint density at radius 3 is 1.94 bits per heavy atom. The van der Waals surface area contributed by atoms with E-state index < -0.39 is 17.9 Å². The first-order valence-corrected chi connectivity index (χ1v) is 7.58. The molecular formula is C12H16O4S2. The Balaban J connectivity index is 2.66. The molecular weight excluding hydrogens is 272 g/mol. The van der Waals surface area contributed by atoms with E-state index in [1.165, 1.54) is 12.2 Å². The number of hydrogen-bond donors (Lipinski definition) is 0. The van der Waals surface area contributed by atoms with Gasteiger partial charge in [0.05, 0.1) is 4.58 Å². The summed E-state index contributed by atoms with van der Waals surface area (Å²) in [6.45, 7) is 7.14. The van der Waals surface area contributed by atoms with Crippen molar-refractivity contribution in [3.05, 3.63) is 25.3 Å². The lowest BCUT2D eigenvalue weighted by molar-refractivity contribution is -0.159. The highest BCUT2D eigenvalue weighted by atomic mass is 32.2. The molecule has 1 aliphatic heterocycles. The van der Waals surface area contributed by atoms with Crippen LogP contribution in [0.3, 0.4) is 0 Å². The van der Waals surface area contributed by atoms with Gasteiger partial charge in [0, 0.05) is 11.5 Å². The molecule has 0 saturated carbocycles. The monoisotopic (exact) mass is 288 g/mol. The maximum atomic E-state index is 11.9. The summed E-state index contributed by atoms with van der Waals surface area (Å²) in [5.41, 5.74) is 0. The minimum atomic E-state index is -0.873. The zero-order valence-corrected chi connectivity index (χ0v) is 11.6. The first-order chi connectivity index (χ1) is 8.70. The van der Waals surface area contributed by atoms with E-state index >= 15 is 0 Å². The molecule has 0 atom stereocenters. The zero-order valence-electron chi connectivity index (χ0n) is 10.0. The second kappa shape index (κ2) is 8.26. The molecule has 0 aromatic heterocycles. The van der Waals surface area contributed by atoms with Gasteiger partial charge in [0.15, 0.2) is 5.92 Å². The van der Waals surface area contributed by atoms with Gasteiger partial charge >= 0.3 is 11.9 Å². The quantitative estimate of drug-likeness (QED) is 0.405. The Bertz CT molecular complexity index is 300. The summed E-state index contributed by atoms with van der Waals surface area (Å²) in [6.07, 6.45) is 2.94. The molecule has 0 aromatic rings. The van der Waals surface area contributed by atoms with E-state index in [1.54, 1.807) is 23.5 Å². The van der Waals surface area contributed by atoms with Gasteiger partial charge in [-0.2, -0.15) is 0 Å². The molecule has 1 heterocycles. The van der Waals surface area contributed by atoms with E-state index in [2.05, 4.69) is 13.2 Å². The van der Waals surface area contributed by atoms with Gasteiger partial charge in [0.1, 0.15) is 13.2 Å². The van der Waals surface area contributed by atoms with Crippen molar-refractivity contribution in [3.63, 3.8) is 0 Å². The topological polar surface area (TPSA) is 52.6 Å².